The number of benzene rings is 1. The second kappa shape index (κ2) is 10.1. The van der Waals surface area contributed by atoms with Gasteiger partial charge in [0.2, 0.25) is 17.8 Å². The number of aromatic nitrogens is 2. The fourth-order valence-electron chi connectivity index (χ4n) is 3.85. The zero-order valence-corrected chi connectivity index (χ0v) is 18.4. The van der Waals surface area contributed by atoms with Crippen molar-refractivity contribution in [1.29, 1.82) is 0 Å². The minimum absolute atomic E-state index is 0.0393. The van der Waals surface area contributed by atoms with Crippen LogP contribution in [0.1, 0.15) is 33.6 Å². The third-order valence-electron chi connectivity index (χ3n) is 5.38. The summed E-state index contributed by atoms with van der Waals surface area (Å²) in [6, 6.07) is 9.17. The summed E-state index contributed by atoms with van der Waals surface area (Å²) >= 11 is 0. The number of nitrogens with one attached hydrogen (secondary N) is 2. The highest BCUT2D eigenvalue weighted by Crippen LogP contribution is 2.26. The van der Waals surface area contributed by atoms with Gasteiger partial charge in [-0.2, -0.15) is 9.97 Å². The maximum atomic E-state index is 12.8. The van der Waals surface area contributed by atoms with Crippen LogP contribution < -0.4 is 21.3 Å². The van der Waals surface area contributed by atoms with Crippen LogP contribution in [0, 0.1) is 5.92 Å². The lowest BCUT2D eigenvalue weighted by Gasteiger charge is -2.35. The van der Waals surface area contributed by atoms with E-state index in [4.69, 9.17) is 5.73 Å². The monoisotopic (exact) mass is 425 g/mol. The van der Waals surface area contributed by atoms with Crippen LogP contribution >= 0.6 is 0 Å². The molecule has 0 saturated carbocycles. The molecule has 1 atom stereocenters. The Kier molecular flexibility index (Phi) is 7.28. The Morgan fingerprint density at radius 2 is 1.84 bits per heavy atom. The van der Waals surface area contributed by atoms with E-state index < -0.39 is 0 Å². The first-order chi connectivity index (χ1) is 14.9. The molecule has 166 valence electrons. The summed E-state index contributed by atoms with van der Waals surface area (Å²) in [4.78, 5) is 36.7. The molecule has 1 aliphatic rings. The molecule has 2 aromatic rings. The number of carbonyl (C=O) groups excluding carboxylic acids is 2. The number of rotatable bonds is 7. The maximum absolute atomic E-state index is 12.8. The highest BCUT2D eigenvalue weighted by Gasteiger charge is 2.29. The minimum Gasteiger partial charge on any atom is -0.368 e. The number of nitrogens with two attached hydrogens (primary N) is 1. The molecule has 0 radical (unpaired) electrons. The van der Waals surface area contributed by atoms with Gasteiger partial charge in [0, 0.05) is 50.5 Å². The molecule has 0 aliphatic carbocycles. The van der Waals surface area contributed by atoms with Gasteiger partial charge in [0.25, 0.3) is 0 Å². The Balaban J connectivity index is 1.73. The van der Waals surface area contributed by atoms with Crippen LogP contribution in [0.3, 0.4) is 0 Å². The van der Waals surface area contributed by atoms with Crippen molar-refractivity contribution < 1.29 is 9.59 Å². The van der Waals surface area contributed by atoms with E-state index in [1.807, 2.05) is 49.1 Å². The summed E-state index contributed by atoms with van der Waals surface area (Å²) in [6.45, 7) is 8.38. The minimum atomic E-state index is -0.117. The summed E-state index contributed by atoms with van der Waals surface area (Å²) in [5.41, 5.74) is 7.50. The van der Waals surface area contributed by atoms with Crippen LogP contribution in [0.15, 0.2) is 30.3 Å². The van der Waals surface area contributed by atoms with Gasteiger partial charge in [0.1, 0.15) is 11.6 Å². The first kappa shape index (κ1) is 22.3. The zero-order valence-electron chi connectivity index (χ0n) is 18.4. The van der Waals surface area contributed by atoms with E-state index in [1.165, 1.54) is 6.92 Å². The number of nitrogen functional groups attached to an aromatic ring is 1. The lowest BCUT2D eigenvalue weighted by Crippen LogP contribution is -2.45. The fourth-order valence-corrected chi connectivity index (χ4v) is 3.85. The molecule has 1 aromatic heterocycles. The molecule has 9 nitrogen and oxygen atoms in total. The van der Waals surface area contributed by atoms with Gasteiger partial charge in [0.05, 0.1) is 5.92 Å². The summed E-state index contributed by atoms with van der Waals surface area (Å²) in [7, 11) is 0. The predicted molar refractivity (Wildman–Crippen MR) is 123 cm³/mol. The summed E-state index contributed by atoms with van der Waals surface area (Å²) in [6.07, 6.45) is 1.81. The van der Waals surface area contributed by atoms with E-state index in [0.717, 1.165) is 43.9 Å². The second-order valence-electron chi connectivity index (χ2n) is 7.65. The SMILES string of the molecule is CCN(CC)C(=O)C1CCCN(c2cc(Nc3ccc(NC(C)=O)cc3)nc(N)n2)C1. The van der Waals surface area contributed by atoms with Crippen LogP contribution in [0.25, 0.3) is 0 Å². The van der Waals surface area contributed by atoms with E-state index in [1.54, 1.807) is 0 Å². The highest BCUT2D eigenvalue weighted by molar-refractivity contribution is 5.88. The molecule has 4 N–H and O–H groups in total. The molecule has 2 amide bonds. The number of carbonyl (C=O) groups is 2. The van der Waals surface area contributed by atoms with E-state index in [-0.39, 0.29) is 23.7 Å². The van der Waals surface area contributed by atoms with E-state index in [9.17, 15) is 9.59 Å². The smallest absolute Gasteiger partial charge is 0.227 e. The van der Waals surface area contributed by atoms with Crippen molar-refractivity contribution >= 4 is 40.8 Å². The molecule has 1 aromatic carbocycles. The highest BCUT2D eigenvalue weighted by atomic mass is 16.2. The third-order valence-corrected chi connectivity index (χ3v) is 5.38. The van der Waals surface area contributed by atoms with Crippen molar-refractivity contribution in [3.05, 3.63) is 30.3 Å². The molecule has 1 fully saturated rings. The first-order valence-electron chi connectivity index (χ1n) is 10.7. The van der Waals surface area contributed by atoms with Crippen LogP contribution in [-0.2, 0) is 9.59 Å². The summed E-state index contributed by atoms with van der Waals surface area (Å²) in [5.74, 6) is 1.51. The van der Waals surface area contributed by atoms with Gasteiger partial charge in [-0.1, -0.05) is 0 Å². The largest absolute Gasteiger partial charge is 0.368 e. The fraction of sp³-hybridized carbons (Fsp3) is 0.455. The van der Waals surface area contributed by atoms with Crippen LogP contribution in [-0.4, -0.2) is 52.9 Å². The molecule has 1 saturated heterocycles. The summed E-state index contributed by atoms with van der Waals surface area (Å²) < 4.78 is 0. The van der Waals surface area contributed by atoms with Crippen molar-refractivity contribution in [1.82, 2.24) is 14.9 Å². The Morgan fingerprint density at radius 3 is 2.48 bits per heavy atom. The predicted octanol–water partition coefficient (Wildman–Crippen LogP) is 2.85. The Morgan fingerprint density at radius 1 is 1.16 bits per heavy atom. The normalized spacial score (nSPS) is 16.0. The molecule has 1 aliphatic heterocycles. The van der Waals surface area contributed by atoms with Crippen LogP contribution in [0.5, 0.6) is 0 Å². The lowest BCUT2D eigenvalue weighted by atomic mass is 9.96. The molecule has 9 heteroatoms. The van der Waals surface area contributed by atoms with Crippen molar-refractivity contribution in [2.24, 2.45) is 5.92 Å². The molecule has 1 unspecified atom stereocenters. The molecule has 0 bridgehead atoms. The van der Waals surface area contributed by atoms with E-state index in [2.05, 4.69) is 25.5 Å². The van der Waals surface area contributed by atoms with Gasteiger partial charge in [0.15, 0.2) is 0 Å². The Labute approximate surface area is 183 Å². The number of anilines is 5. The topological polar surface area (TPSA) is 116 Å². The van der Waals surface area contributed by atoms with Gasteiger partial charge in [-0.25, -0.2) is 0 Å². The first-order valence-corrected chi connectivity index (χ1v) is 10.7. The molecular weight excluding hydrogens is 394 g/mol. The third kappa shape index (κ3) is 5.84. The van der Waals surface area contributed by atoms with Crippen molar-refractivity contribution in [2.45, 2.75) is 33.6 Å². The molecule has 31 heavy (non-hydrogen) atoms. The zero-order chi connectivity index (χ0) is 22.4. The van der Waals surface area contributed by atoms with Gasteiger partial charge in [-0.15, -0.1) is 0 Å². The van der Waals surface area contributed by atoms with Crippen LogP contribution in [0.2, 0.25) is 0 Å². The molecule has 0 spiro atoms. The van der Waals surface area contributed by atoms with Crippen molar-refractivity contribution in [3.63, 3.8) is 0 Å². The van der Waals surface area contributed by atoms with Crippen LogP contribution in [0.4, 0.5) is 29.0 Å². The maximum Gasteiger partial charge on any atom is 0.227 e. The second-order valence-corrected chi connectivity index (χ2v) is 7.65. The van der Waals surface area contributed by atoms with E-state index in [0.29, 0.717) is 18.2 Å². The Bertz CT molecular complexity index is 913. The number of piperidine rings is 1. The number of hydrogen-bond donors (Lipinski definition) is 3. The molecule has 2 heterocycles. The number of nitrogens with zero attached hydrogens (tertiary/aromatic N) is 4. The average Bonchev–Trinajstić information content (AvgIpc) is 2.75. The van der Waals surface area contributed by atoms with Crippen molar-refractivity contribution in [2.75, 3.05) is 47.4 Å². The standard InChI is InChI=1S/C22H31N7O2/c1-4-28(5-2)21(31)16-7-6-12-29(14-16)20-13-19(26-22(23)27-20)25-18-10-8-17(9-11-18)24-15(3)30/h8-11,13,16H,4-7,12,14H2,1-3H3,(H,24,30)(H3,23,25,26,27). The Hall–Kier alpha value is -3.36. The summed E-state index contributed by atoms with van der Waals surface area (Å²) in [5, 5.41) is 5.97. The number of hydrogen-bond acceptors (Lipinski definition) is 7. The molecule has 3 rings (SSSR count). The van der Waals surface area contributed by atoms with E-state index >= 15 is 0 Å². The lowest BCUT2D eigenvalue weighted by molar-refractivity contribution is -0.135. The quantitative estimate of drug-likeness (QED) is 0.624. The average molecular weight is 426 g/mol. The molecular formula is C22H31N7O2. The van der Waals surface area contributed by atoms with Gasteiger partial charge >= 0.3 is 0 Å². The van der Waals surface area contributed by atoms with Gasteiger partial charge in [-0.3, -0.25) is 9.59 Å². The van der Waals surface area contributed by atoms with Gasteiger partial charge < -0.3 is 26.2 Å². The van der Waals surface area contributed by atoms with Gasteiger partial charge in [-0.05, 0) is 51.0 Å². The number of amides is 2. The van der Waals surface area contributed by atoms with Crippen molar-refractivity contribution in [3.8, 4) is 0 Å².